The SMILES string of the molecule is c1cc2c(c(-c3nc(-c4cncs4)no3)c1)OCCN2. The van der Waals surface area contributed by atoms with Gasteiger partial charge in [0.1, 0.15) is 6.61 Å². The van der Waals surface area contributed by atoms with Crippen molar-refractivity contribution in [3.63, 3.8) is 0 Å². The van der Waals surface area contributed by atoms with Gasteiger partial charge in [0.25, 0.3) is 5.89 Å². The summed E-state index contributed by atoms with van der Waals surface area (Å²) in [4.78, 5) is 9.31. The molecule has 1 aliphatic rings. The summed E-state index contributed by atoms with van der Waals surface area (Å²) >= 11 is 1.47. The Morgan fingerprint density at radius 1 is 1.30 bits per heavy atom. The lowest BCUT2D eigenvalue weighted by Gasteiger charge is -2.20. The molecule has 0 radical (unpaired) electrons. The van der Waals surface area contributed by atoms with Crippen molar-refractivity contribution >= 4 is 17.0 Å². The van der Waals surface area contributed by atoms with Crippen LogP contribution in [0.3, 0.4) is 0 Å². The molecule has 100 valence electrons. The molecule has 0 atom stereocenters. The van der Waals surface area contributed by atoms with Gasteiger partial charge in [0, 0.05) is 12.7 Å². The quantitative estimate of drug-likeness (QED) is 0.780. The number of nitrogens with zero attached hydrogens (tertiary/aromatic N) is 3. The lowest BCUT2D eigenvalue weighted by atomic mass is 10.1. The van der Waals surface area contributed by atoms with Crippen molar-refractivity contribution in [1.82, 2.24) is 15.1 Å². The number of hydrogen-bond acceptors (Lipinski definition) is 7. The topological polar surface area (TPSA) is 73.1 Å². The highest BCUT2D eigenvalue weighted by Gasteiger charge is 2.20. The van der Waals surface area contributed by atoms with E-state index in [0.29, 0.717) is 18.3 Å². The summed E-state index contributed by atoms with van der Waals surface area (Å²) in [5.41, 5.74) is 3.49. The molecule has 0 saturated heterocycles. The Balaban J connectivity index is 1.78. The van der Waals surface area contributed by atoms with Crippen molar-refractivity contribution in [2.45, 2.75) is 0 Å². The molecule has 20 heavy (non-hydrogen) atoms. The molecule has 1 N–H and O–H groups in total. The zero-order valence-electron chi connectivity index (χ0n) is 10.4. The van der Waals surface area contributed by atoms with Crippen LogP contribution >= 0.6 is 11.3 Å². The van der Waals surface area contributed by atoms with Crippen LogP contribution in [0, 0.1) is 0 Å². The van der Waals surface area contributed by atoms with E-state index in [1.165, 1.54) is 11.3 Å². The Morgan fingerprint density at radius 2 is 2.30 bits per heavy atom. The summed E-state index contributed by atoms with van der Waals surface area (Å²) in [7, 11) is 0. The van der Waals surface area contributed by atoms with Crippen molar-refractivity contribution in [2.75, 3.05) is 18.5 Å². The van der Waals surface area contributed by atoms with E-state index in [-0.39, 0.29) is 0 Å². The van der Waals surface area contributed by atoms with Gasteiger partial charge in [-0.05, 0) is 12.1 Å². The fraction of sp³-hybridized carbons (Fsp3) is 0.154. The first kappa shape index (κ1) is 11.4. The molecule has 7 heteroatoms. The summed E-state index contributed by atoms with van der Waals surface area (Å²) in [5, 5.41) is 7.28. The van der Waals surface area contributed by atoms with Gasteiger partial charge in [-0.2, -0.15) is 4.98 Å². The van der Waals surface area contributed by atoms with Gasteiger partial charge in [0.05, 0.1) is 21.6 Å². The normalized spacial score (nSPS) is 13.4. The van der Waals surface area contributed by atoms with E-state index >= 15 is 0 Å². The number of hydrogen-bond donors (Lipinski definition) is 1. The van der Waals surface area contributed by atoms with Gasteiger partial charge in [-0.1, -0.05) is 11.2 Å². The van der Waals surface area contributed by atoms with E-state index in [4.69, 9.17) is 9.26 Å². The third kappa shape index (κ3) is 1.83. The molecule has 6 nitrogen and oxygen atoms in total. The number of thiazole rings is 1. The average molecular weight is 286 g/mol. The number of nitrogens with one attached hydrogen (secondary N) is 1. The van der Waals surface area contributed by atoms with Crippen LogP contribution in [0.2, 0.25) is 0 Å². The van der Waals surface area contributed by atoms with Crippen LogP contribution in [-0.2, 0) is 0 Å². The zero-order valence-corrected chi connectivity index (χ0v) is 11.2. The molecular formula is C13H10N4O2S. The molecular weight excluding hydrogens is 276 g/mol. The smallest absolute Gasteiger partial charge is 0.262 e. The Kier molecular flexibility index (Phi) is 2.63. The monoisotopic (exact) mass is 286 g/mol. The molecule has 0 unspecified atom stereocenters. The molecule has 0 saturated carbocycles. The summed E-state index contributed by atoms with van der Waals surface area (Å²) in [5.74, 6) is 1.76. The highest BCUT2D eigenvalue weighted by molar-refractivity contribution is 7.13. The molecule has 0 bridgehead atoms. The van der Waals surface area contributed by atoms with Gasteiger partial charge in [-0.3, -0.25) is 4.98 Å². The van der Waals surface area contributed by atoms with Crippen LogP contribution in [-0.4, -0.2) is 28.3 Å². The van der Waals surface area contributed by atoms with Gasteiger partial charge < -0.3 is 14.6 Å². The van der Waals surface area contributed by atoms with Crippen molar-refractivity contribution in [2.24, 2.45) is 0 Å². The molecule has 4 rings (SSSR count). The van der Waals surface area contributed by atoms with Crippen molar-refractivity contribution in [3.05, 3.63) is 29.9 Å². The average Bonchev–Trinajstić information content (AvgIpc) is 3.17. The van der Waals surface area contributed by atoms with Crippen molar-refractivity contribution in [3.8, 4) is 27.9 Å². The van der Waals surface area contributed by atoms with E-state index in [2.05, 4.69) is 20.4 Å². The Labute approximate surface area is 118 Å². The standard InChI is InChI=1S/C13H10N4O2S/c1-2-8(11-9(3-1)15-4-5-18-11)13-16-12(17-19-13)10-6-14-7-20-10/h1-3,6-7,15H,4-5H2. The minimum Gasteiger partial charge on any atom is -0.489 e. The summed E-state index contributed by atoms with van der Waals surface area (Å²) in [6, 6.07) is 5.82. The maximum atomic E-state index is 5.71. The molecule has 0 amide bonds. The lowest BCUT2D eigenvalue weighted by Crippen LogP contribution is -2.18. The van der Waals surface area contributed by atoms with Gasteiger partial charge in [0.15, 0.2) is 5.75 Å². The number of fused-ring (bicyclic) bond motifs is 1. The van der Waals surface area contributed by atoms with Gasteiger partial charge in [0.2, 0.25) is 5.82 Å². The second-order valence-corrected chi connectivity index (χ2v) is 5.13. The molecule has 1 aromatic carbocycles. The van der Waals surface area contributed by atoms with Crippen molar-refractivity contribution < 1.29 is 9.26 Å². The molecule has 3 aromatic rings. The number of ether oxygens (including phenoxy) is 1. The predicted molar refractivity (Wildman–Crippen MR) is 74.8 cm³/mol. The van der Waals surface area contributed by atoms with Crippen LogP contribution in [0.5, 0.6) is 5.75 Å². The number of rotatable bonds is 2. The van der Waals surface area contributed by atoms with Gasteiger partial charge >= 0.3 is 0 Å². The fourth-order valence-electron chi connectivity index (χ4n) is 2.10. The highest BCUT2D eigenvalue weighted by Crippen LogP contribution is 2.37. The number of anilines is 1. The van der Waals surface area contributed by atoms with E-state index < -0.39 is 0 Å². The number of aromatic nitrogens is 3. The summed E-state index contributed by atoms with van der Waals surface area (Å²) in [6.07, 6.45) is 1.72. The van der Waals surface area contributed by atoms with Crippen LogP contribution in [0.4, 0.5) is 5.69 Å². The third-order valence-electron chi connectivity index (χ3n) is 2.99. The van der Waals surface area contributed by atoms with E-state index in [1.54, 1.807) is 11.7 Å². The minimum absolute atomic E-state index is 0.453. The molecule has 0 aliphatic carbocycles. The highest BCUT2D eigenvalue weighted by atomic mass is 32.1. The zero-order chi connectivity index (χ0) is 13.4. The second kappa shape index (κ2) is 4.61. The summed E-state index contributed by atoms with van der Waals surface area (Å²) < 4.78 is 11.1. The van der Waals surface area contributed by atoms with Crippen LogP contribution in [0.15, 0.2) is 34.4 Å². The maximum Gasteiger partial charge on any atom is 0.262 e. The first-order valence-electron chi connectivity index (χ1n) is 6.14. The van der Waals surface area contributed by atoms with E-state index in [0.717, 1.165) is 28.4 Å². The van der Waals surface area contributed by atoms with Crippen LogP contribution in [0.25, 0.3) is 22.2 Å². The summed E-state index contributed by atoms with van der Waals surface area (Å²) in [6.45, 7) is 1.42. The first-order valence-corrected chi connectivity index (χ1v) is 7.02. The van der Waals surface area contributed by atoms with E-state index in [9.17, 15) is 0 Å². The predicted octanol–water partition coefficient (Wildman–Crippen LogP) is 2.66. The third-order valence-corrected chi connectivity index (χ3v) is 3.76. The molecule has 0 spiro atoms. The molecule has 0 fully saturated rings. The Hall–Kier alpha value is -2.41. The minimum atomic E-state index is 0.453. The Morgan fingerprint density at radius 3 is 3.20 bits per heavy atom. The lowest BCUT2D eigenvalue weighted by molar-refractivity contribution is 0.322. The number of benzene rings is 1. The second-order valence-electron chi connectivity index (χ2n) is 4.25. The number of para-hydroxylation sites is 1. The maximum absolute atomic E-state index is 5.71. The van der Waals surface area contributed by atoms with Crippen LogP contribution in [0.1, 0.15) is 0 Å². The molecule has 3 heterocycles. The fourth-order valence-corrected chi connectivity index (χ4v) is 2.64. The van der Waals surface area contributed by atoms with Gasteiger partial charge in [-0.15, -0.1) is 11.3 Å². The Bertz CT molecular complexity index is 739. The van der Waals surface area contributed by atoms with Crippen molar-refractivity contribution in [1.29, 1.82) is 0 Å². The van der Waals surface area contributed by atoms with Crippen LogP contribution < -0.4 is 10.1 Å². The molecule has 2 aromatic heterocycles. The van der Waals surface area contributed by atoms with E-state index in [1.807, 2.05) is 18.2 Å². The first-order chi connectivity index (χ1) is 9.92. The molecule has 1 aliphatic heterocycles. The largest absolute Gasteiger partial charge is 0.489 e. The van der Waals surface area contributed by atoms with Gasteiger partial charge in [-0.25, -0.2) is 0 Å².